The highest BCUT2D eigenvalue weighted by molar-refractivity contribution is 7.99. The quantitative estimate of drug-likeness (QED) is 0.667. The van der Waals surface area contributed by atoms with Crippen molar-refractivity contribution >= 4 is 23.2 Å². The van der Waals surface area contributed by atoms with Crippen molar-refractivity contribution in [2.75, 3.05) is 0 Å². The summed E-state index contributed by atoms with van der Waals surface area (Å²) in [6.07, 6.45) is 0.446. The number of para-hydroxylation sites is 1. The molecular formula is C24H25N3O3S. The van der Waals surface area contributed by atoms with Crippen molar-refractivity contribution in [3.63, 3.8) is 0 Å². The zero-order chi connectivity index (χ0) is 22.3. The van der Waals surface area contributed by atoms with E-state index in [1.165, 1.54) is 19.7 Å². The Morgan fingerprint density at radius 2 is 1.71 bits per heavy atom. The molecule has 0 bridgehead atoms. The first kappa shape index (κ1) is 21.2. The van der Waals surface area contributed by atoms with E-state index < -0.39 is 11.2 Å². The summed E-state index contributed by atoms with van der Waals surface area (Å²) < 4.78 is 2.09. The smallest absolute Gasteiger partial charge is 0.333 e. The van der Waals surface area contributed by atoms with Gasteiger partial charge in [-0.1, -0.05) is 50.2 Å². The minimum Gasteiger partial charge on any atom is -0.494 e. The molecule has 1 aliphatic rings. The molecule has 0 amide bonds. The fourth-order valence-corrected chi connectivity index (χ4v) is 4.97. The Kier molecular flexibility index (Phi) is 5.62. The van der Waals surface area contributed by atoms with E-state index in [4.69, 9.17) is 4.99 Å². The van der Waals surface area contributed by atoms with Crippen molar-refractivity contribution in [3.05, 3.63) is 86.1 Å². The van der Waals surface area contributed by atoms with Crippen molar-refractivity contribution in [2.45, 2.75) is 36.3 Å². The number of hydrogen-bond donors (Lipinski definition) is 1. The standard InChI is InChI=1S/C24H25N3O3S/c1-14(2)15-9-11-16(12-10-15)20-13-18(25-17-7-5-6-8-19(17)31-20)21-22(28)26(3)24(30)27(4)23(21)29/h5-12,14,20,28H,13H2,1-4H3/t20-/m1/s1. The van der Waals surface area contributed by atoms with Gasteiger partial charge in [0, 0.05) is 30.7 Å². The van der Waals surface area contributed by atoms with Gasteiger partial charge in [0.15, 0.2) is 0 Å². The minimum atomic E-state index is -0.573. The molecule has 1 aliphatic heterocycles. The lowest BCUT2D eigenvalue weighted by Crippen LogP contribution is -2.40. The predicted molar refractivity (Wildman–Crippen MR) is 125 cm³/mol. The van der Waals surface area contributed by atoms with Crippen LogP contribution in [0.25, 0.3) is 0 Å². The number of nitrogens with zero attached hydrogens (tertiary/aromatic N) is 3. The molecule has 1 N–H and O–H groups in total. The van der Waals surface area contributed by atoms with Gasteiger partial charge in [0.25, 0.3) is 5.56 Å². The lowest BCUT2D eigenvalue weighted by molar-refractivity contribution is 0.410. The van der Waals surface area contributed by atoms with Gasteiger partial charge in [0.05, 0.1) is 11.4 Å². The van der Waals surface area contributed by atoms with Crippen LogP contribution < -0.4 is 11.2 Å². The molecule has 160 valence electrons. The molecule has 0 aliphatic carbocycles. The molecule has 31 heavy (non-hydrogen) atoms. The molecule has 0 saturated carbocycles. The van der Waals surface area contributed by atoms with Crippen LogP contribution in [-0.2, 0) is 14.1 Å². The number of benzene rings is 2. The van der Waals surface area contributed by atoms with Crippen LogP contribution in [0.3, 0.4) is 0 Å². The van der Waals surface area contributed by atoms with Gasteiger partial charge in [0.2, 0.25) is 5.88 Å². The van der Waals surface area contributed by atoms with E-state index >= 15 is 0 Å². The summed E-state index contributed by atoms with van der Waals surface area (Å²) in [5, 5.41) is 10.7. The average molecular weight is 436 g/mol. The first-order valence-electron chi connectivity index (χ1n) is 10.2. The molecule has 2 heterocycles. The van der Waals surface area contributed by atoms with Crippen LogP contribution in [0, 0.1) is 0 Å². The lowest BCUT2D eigenvalue weighted by atomic mass is 9.98. The van der Waals surface area contributed by atoms with Gasteiger partial charge in [0.1, 0.15) is 5.56 Å². The molecule has 0 saturated heterocycles. The van der Waals surface area contributed by atoms with Gasteiger partial charge < -0.3 is 5.11 Å². The van der Waals surface area contributed by atoms with Gasteiger partial charge in [-0.05, 0) is 29.2 Å². The van der Waals surface area contributed by atoms with E-state index in [1.54, 1.807) is 11.8 Å². The summed E-state index contributed by atoms with van der Waals surface area (Å²) in [7, 11) is 2.86. The number of aromatic nitrogens is 2. The number of hydrogen-bond acceptors (Lipinski definition) is 5. The van der Waals surface area contributed by atoms with E-state index in [0.717, 1.165) is 25.3 Å². The van der Waals surface area contributed by atoms with E-state index in [1.807, 2.05) is 24.3 Å². The maximum atomic E-state index is 13.0. The van der Waals surface area contributed by atoms with Gasteiger partial charge >= 0.3 is 5.69 Å². The summed E-state index contributed by atoms with van der Waals surface area (Å²) >= 11 is 1.69. The maximum Gasteiger partial charge on any atom is 0.333 e. The number of aromatic hydroxyl groups is 1. The number of rotatable bonds is 3. The monoisotopic (exact) mass is 435 g/mol. The second-order valence-electron chi connectivity index (χ2n) is 8.06. The van der Waals surface area contributed by atoms with E-state index in [0.29, 0.717) is 18.1 Å². The maximum absolute atomic E-state index is 13.0. The molecular weight excluding hydrogens is 410 g/mol. The van der Waals surface area contributed by atoms with Crippen LogP contribution in [0.2, 0.25) is 0 Å². The van der Waals surface area contributed by atoms with Gasteiger partial charge in [-0.15, -0.1) is 11.8 Å². The molecule has 0 spiro atoms. The minimum absolute atomic E-state index is 0.00459. The molecule has 6 nitrogen and oxygen atoms in total. The summed E-state index contributed by atoms with van der Waals surface area (Å²) in [4.78, 5) is 30.9. The normalized spacial score (nSPS) is 16.0. The highest BCUT2D eigenvalue weighted by atomic mass is 32.2. The van der Waals surface area contributed by atoms with Crippen LogP contribution in [0.4, 0.5) is 5.69 Å². The molecule has 0 radical (unpaired) electrons. The third kappa shape index (κ3) is 3.85. The molecule has 1 atom stereocenters. The van der Waals surface area contributed by atoms with Gasteiger partial charge in [-0.3, -0.25) is 18.9 Å². The fourth-order valence-electron chi connectivity index (χ4n) is 3.74. The molecule has 0 unspecified atom stereocenters. The predicted octanol–water partition coefficient (Wildman–Crippen LogP) is 4.27. The van der Waals surface area contributed by atoms with Crippen LogP contribution >= 0.6 is 11.8 Å². The zero-order valence-corrected chi connectivity index (χ0v) is 18.8. The third-order valence-corrected chi connectivity index (χ3v) is 6.99. The highest BCUT2D eigenvalue weighted by Crippen LogP contribution is 2.45. The Labute approximate surface area is 184 Å². The fraction of sp³-hybridized carbons (Fsp3) is 0.292. The first-order valence-corrected chi connectivity index (χ1v) is 11.1. The Morgan fingerprint density at radius 3 is 2.39 bits per heavy atom. The lowest BCUT2D eigenvalue weighted by Gasteiger charge is -2.18. The van der Waals surface area contributed by atoms with Crippen LogP contribution in [0.1, 0.15) is 48.1 Å². The number of thioether (sulfide) groups is 1. The van der Waals surface area contributed by atoms with Crippen LogP contribution in [0.5, 0.6) is 5.88 Å². The van der Waals surface area contributed by atoms with Crippen molar-refractivity contribution in [2.24, 2.45) is 19.1 Å². The Balaban J connectivity index is 1.88. The Bertz CT molecular complexity index is 1290. The molecule has 4 rings (SSSR count). The largest absolute Gasteiger partial charge is 0.494 e. The molecule has 1 aromatic heterocycles. The van der Waals surface area contributed by atoms with Crippen molar-refractivity contribution in [3.8, 4) is 5.88 Å². The van der Waals surface area contributed by atoms with E-state index in [9.17, 15) is 14.7 Å². The highest BCUT2D eigenvalue weighted by Gasteiger charge is 2.27. The third-order valence-electron chi connectivity index (χ3n) is 5.67. The summed E-state index contributed by atoms with van der Waals surface area (Å²) in [6.45, 7) is 4.32. The van der Waals surface area contributed by atoms with Crippen molar-refractivity contribution in [1.29, 1.82) is 0 Å². The summed E-state index contributed by atoms with van der Waals surface area (Å²) in [5.41, 5.74) is 2.57. The van der Waals surface area contributed by atoms with Gasteiger partial charge in [-0.25, -0.2) is 4.79 Å². The number of aliphatic imine (C=N–C) groups is 1. The summed E-state index contributed by atoms with van der Waals surface area (Å²) in [6, 6.07) is 16.3. The van der Waals surface area contributed by atoms with E-state index in [2.05, 4.69) is 38.1 Å². The van der Waals surface area contributed by atoms with E-state index in [-0.39, 0.29) is 16.7 Å². The Hall–Kier alpha value is -3.06. The van der Waals surface area contributed by atoms with Crippen LogP contribution in [-0.4, -0.2) is 20.0 Å². The first-order chi connectivity index (χ1) is 14.8. The zero-order valence-electron chi connectivity index (χ0n) is 18.0. The number of fused-ring (bicyclic) bond motifs is 1. The van der Waals surface area contributed by atoms with Crippen molar-refractivity contribution < 1.29 is 5.11 Å². The summed E-state index contributed by atoms with van der Waals surface area (Å²) in [5.74, 6) is 0.0874. The second kappa shape index (κ2) is 8.23. The molecule has 3 aromatic rings. The molecule has 7 heteroatoms. The van der Waals surface area contributed by atoms with Gasteiger partial charge in [-0.2, -0.15) is 0 Å². The van der Waals surface area contributed by atoms with Crippen molar-refractivity contribution in [1.82, 2.24) is 9.13 Å². The topological polar surface area (TPSA) is 76.6 Å². The Morgan fingerprint density at radius 1 is 1.03 bits per heavy atom. The van der Waals surface area contributed by atoms with Crippen LogP contribution in [0.15, 0.2) is 68.0 Å². The second-order valence-corrected chi connectivity index (χ2v) is 9.31. The SMILES string of the molecule is CC(C)c1ccc([C@H]2CC(c3c(O)n(C)c(=O)n(C)c3=O)=Nc3ccccc3S2)cc1. The molecule has 0 fully saturated rings. The average Bonchev–Trinajstić information content (AvgIpc) is 2.96. The molecule has 2 aromatic carbocycles.